The molecule has 172 valence electrons. The molecule has 2 aliphatic heterocycles. The topological polar surface area (TPSA) is 101 Å². The van der Waals surface area contributed by atoms with Gasteiger partial charge in [0.05, 0.1) is 17.6 Å². The molecule has 33 heavy (non-hydrogen) atoms. The maximum atomic E-state index is 14.7. The van der Waals surface area contributed by atoms with Crippen molar-refractivity contribution in [2.75, 3.05) is 17.6 Å². The van der Waals surface area contributed by atoms with Gasteiger partial charge in [-0.2, -0.15) is 0 Å². The number of nitrogens with one attached hydrogen (secondary N) is 1. The second-order valence-corrected chi connectivity index (χ2v) is 10.9. The summed E-state index contributed by atoms with van der Waals surface area (Å²) in [5.41, 5.74) is 9.26. The molecule has 2 aliphatic carbocycles. The van der Waals surface area contributed by atoms with Crippen LogP contribution in [0.4, 0.5) is 16.0 Å². The maximum Gasteiger partial charge on any atom is 0.232 e. The molecular weight excluding hydrogens is 441 g/mol. The van der Waals surface area contributed by atoms with Crippen molar-refractivity contribution in [2.24, 2.45) is 29.4 Å². The Kier molecular flexibility index (Phi) is 5.05. The van der Waals surface area contributed by atoms with Gasteiger partial charge in [0.15, 0.2) is 5.82 Å². The minimum Gasteiger partial charge on any atom is -0.369 e. The van der Waals surface area contributed by atoms with E-state index >= 15 is 0 Å². The number of hydrogen-bond donors (Lipinski definition) is 2. The lowest BCUT2D eigenvalue weighted by atomic mass is 9.76. The lowest BCUT2D eigenvalue weighted by Crippen LogP contribution is -2.40. The Balaban J connectivity index is 1.39. The number of nitrogens with zero attached hydrogens (tertiary/aromatic N) is 3. The summed E-state index contributed by atoms with van der Waals surface area (Å²) in [6.07, 6.45) is 4.17. The maximum absolute atomic E-state index is 14.7. The summed E-state index contributed by atoms with van der Waals surface area (Å²) in [6.45, 7) is 1.32. The summed E-state index contributed by atoms with van der Waals surface area (Å²) < 4.78 is 14.7. The molecule has 0 unspecified atom stereocenters. The van der Waals surface area contributed by atoms with Gasteiger partial charge in [0.2, 0.25) is 17.8 Å². The molecule has 2 fully saturated rings. The fourth-order valence-electron chi connectivity index (χ4n) is 6.42. The van der Waals surface area contributed by atoms with E-state index in [0.717, 1.165) is 37.1 Å². The van der Waals surface area contributed by atoms with Gasteiger partial charge in [0, 0.05) is 29.9 Å². The van der Waals surface area contributed by atoms with Gasteiger partial charge in [-0.3, -0.25) is 9.59 Å². The van der Waals surface area contributed by atoms with Crippen molar-refractivity contribution in [2.45, 2.75) is 37.5 Å². The number of primary amides is 1. The molecule has 2 aromatic rings. The number of benzene rings is 1. The van der Waals surface area contributed by atoms with Gasteiger partial charge in [-0.05, 0) is 66.7 Å². The van der Waals surface area contributed by atoms with Gasteiger partial charge < -0.3 is 16.0 Å². The average molecular weight is 468 g/mol. The van der Waals surface area contributed by atoms with Crippen LogP contribution in [0.25, 0.3) is 0 Å². The van der Waals surface area contributed by atoms with Gasteiger partial charge in [-0.25, -0.2) is 14.4 Å². The summed E-state index contributed by atoms with van der Waals surface area (Å²) in [7, 11) is 0. The molecule has 1 aromatic heterocycles. The summed E-state index contributed by atoms with van der Waals surface area (Å²) in [5, 5.41) is 3.47. The highest BCUT2D eigenvalue weighted by molar-refractivity contribution is 8.00. The minimum atomic E-state index is -0.465. The first kappa shape index (κ1) is 20.9. The fourth-order valence-corrected chi connectivity index (χ4v) is 7.90. The highest BCUT2D eigenvalue weighted by Crippen LogP contribution is 2.56. The number of anilines is 2. The van der Waals surface area contributed by atoms with Gasteiger partial charge >= 0.3 is 0 Å². The van der Waals surface area contributed by atoms with E-state index in [-0.39, 0.29) is 40.7 Å². The molecule has 1 aromatic carbocycles. The van der Waals surface area contributed by atoms with Crippen LogP contribution in [0.3, 0.4) is 0 Å². The van der Waals surface area contributed by atoms with Gasteiger partial charge in [0.25, 0.3) is 0 Å². The Bertz CT molecular complexity index is 1140. The molecule has 3 N–H and O–H groups in total. The van der Waals surface area contributed by atoms with Gasteiger partial charge in [0.1, 0.15) is 0 Å². The van der Waals surface area contributed by atoms with Crippen LogP contribution >= 0.6 is 11.8 Å². The molecule has 2 saturated carbocycles. The van der Waals surface area contributed by atoms with Crippen molar-refractivity contribution in [3.8, 4) is 0 Å². The average Bonchev–Trinajstić information content (AvgIpc) is 3.37. The number of nitrogens with two attached hydrogens (primary N) is 1. The van der Waals surface area contributed by atoms with Crippen LogP contribution in [0.2, 0.25) is 0 Å². The third-order valence-electron chi connectivity index (χ3n) is 7.93. The van der Waals surface area contributed by atoms with Crippen molar-refractivity contribution in [3.05, 3.63) is 47.0 Å². The standard InChI is InChI=1S/C24H26FN5O2S/c25-18-9-27-24-28-15-2-1-12-3-4-30(10-14(12)5-15)21(31)11-33-20-7-13-6-16(20)17(8-19(18)29-24)22(13)23(26)32/h1-2,5,9,13,16-17,20,22H,3-4,6-8,10-11H2,(H2,26,32)(H,27,28,29)/t13-,16-,17+,20+,22-/m0/s1. The molecular formula is C24H26FN5O2S. The monoisotopic (exact) mass is 467 g/mol. The van der Waals surface area contributed by atoms with Gasteiger partial charge in [-0.1, -0.05) is 6.07 Å². The molecule has 0 spiro atoms. The Morgan fingerprint density at radius 2 is 2.12 bits per heavy atom. The summed E-state index contributed by atoms with van der Waals surface area (Å²) >= 11 is 1.69. The number of fused-ring (bicyclic) bond motifs is 5. The van der Waals surface area contributed by atoms with E-state index in [4.69, 9.17) is 5.73 Å². The van der Waals surface area contributed by atoms with Crippen molar-refractivity contribution in [1.29, 1.82) is 0 Å². The SMILES string of the molecule is NC(=O)[C@H]1[C@H]2C[C@H]3[C@H]1Cc1nc(ncc1F)Nc1ccc4c(c1)CN(CC4)C(=O)CS[C@@H]3C2. The number of thioether (sulfide) groups is 1. The number of carbonyl (C=O) groups excluding carboxylic acids is 2. The third kappa shape index (κ3) is 3.66. The molecule has 5 atom stereocenters. The van der Waals surface area contributed by atoms with E-state index in [9.17, 15) is 14.0 Å². The first-order chi connectivity index (χ1) is 16.0. The molecule has 3 heterocycles. The van der Waals surface area contributed by atoms with Gasteiger partial charge in [-0.15, -0.1) is 11.8 Å². The molecule has 0 saturated heterocycles. The Morgan fingerprint density at radius 3 is 2.97 bits per heavy atom. The molecule has 4 aliphatic rings. The quantitative estimate of drug-likeness (QED) is 0.669. The zero-order valence-corrected chi connectivity index (χ0v) is 19.0. The third-order valence-corrected chi connectivity index (χ3v) is 9.31. The fraction of sp³-hybridized carbons (Fsp3) is 0.500. The highest BCUT2D eigenvalue weighted by atomic mass is 32.2. The van der Waals surface area contributed by atoms with E-state index in [1.165, 1.54) is 11.8 Å². The van der Waals surface area contributed by atoms with E-state index < -0.39 is 5.82 Å². The van der Waals surface area contributed by atoms with E-state index in [1.807, 2.05) is 17.0 Å². The lowest BCUT2D eigenvalue weighted by Gasteiger charge is -2.35. The zero-order chi connectivity index (χ0) is 22.7. The van der Waals surface area contributed by atoms with Crippen molar-refractivity contribution in [3.63, 3.8) is 0 Å². The van der Waals surface area contributed by atoms with E-state index in [2.05, 4.69) is 21.4 Å². The van der Waals surface area contributed by atoms with Crippen LogP contribution in [-0.4, -0.2) is 44.2 Å². The first-order valence-corrected chi connectivity index (χ1v) is 12.6. The largest absolute Gasteiger partial charge is 0.369 e. The van der Waals surface area contributed by atoms with Crippen LogP contribution in [0, 0.1) is 29.5 Å². The summed E-state index contributed by atoms with van der Waals surface area (Å²) in [4.78, 5) is 35.9. The molecule has 0 radical (unpaired) electrons. The number of rotatable bonds is 1. The summed E-state index contributed by atoms with van der Waals surface area (Å²) in [6, 6.07) is 6.05. The van der Waals surface area contributed by atoms with Crippen LogP contribution in [-0.2, 0) is 29.0 Å². The van der Waals surface area contributed by atoms with Crippen LogP contribution in [0.5, 0.6) is 0 Å². The first-order valence-electron chi connectivity index (χ1n) is 11.5. The Morgan fingerprint density at radius 1 is 1.24 bits per heavy atom. The number of halogens is 1. The lowest BCUT2D eigenvalue weighted by molar-refractivity contribution is -0.129. The normalized spacial score (nSPS) is 30.4. The van der Waals surface area contributed by atoms with E-state index in [1.54, 1.807) is 11.8 Å². The second-order valence-electron chi connectivity index (χ2n) is 9.70. The van der Waals surface area contributed by atoms with Crippen molar-refractivity contribution in [1.82, 2.24) is 14.9 Å². The Labute approximate surface area is 195 Å². The number of hydrogen-bond acceptors (Lipinski definition) is 6. The number of amides is 2. The zero-order valence-electron chi connectivity index (χ0n) is 18.2. The predicted molar refractivity (Wildman–Crippen MR) is 123 cm³/mol. The van der Waals surface area contributed by atoms with Crippen LogP contribution < -0.4 is 11.1 Å². The highest BCUT2D eigenvalue weighted by Gasteiger charge is 2.54. The molecule has 9 heteroatoms. The smallest absolute Gasteiger partial charge is 0.232 e. The van der Waals surface area contributed by atoms with Crippen LogP contribution in [0.15, 0.2) is 24.4 Å². The van der Waals surface area contributed by atoms with E-state index in [0.29, 0.717) is 30.4 Å². The number of aromatic nitrogens is 2. The van der Waals surface area contributed by atoms with Crippen molar-refractivity contribution >= 4 is 35.2 Å². The molecule has 2 amide bonds. The molecule has 6 rings (SSSR count). The minimum absolute atomic E-state index is 0.0696. The number of carbonyl (C=O) groups is 2. The second kappa shape index (κ2) is 7.97. The van der Waals surface area contributed by atoms with Crippen molar-refractivity contribution < 1.29 is 14.0 Å². The van der Waals surface area contributed by atoms with Crippen LogP contribution in [0.1, 0.15) is 29.7 Å². The Hall–Kier alpha value is -2.68. The molecule has 7 nitrogen and oxygen atoms in total. The molecule has 7 bridgehead atoms. The summed E-state index contributed by atoms with van der Waals surface area (Å²) in [5.74, 6) is 0.218. The predicted octanol–water partition coefficient (Wildman–Crippen LogP) is 2.66.